The van der Waals surface area contributed by atoms with Crippen LogP contribution in [0.5, 0.6) is 0 Å². The molecule has 0 saturated heterocycles. The maximum Gasteiger partial charge on any atom is 0.298 e. The summed E-state index contributed by atoms with van der Waals surface area (Å²) < 4.78 is 2.73. The van der Waals surface area contributed by atoms with Crippen LogP contribution in [0.25, 0.3) is 5.65 Å². The van der Waals surface area contributed by atoms with E-state index in [1.165, 1.54) is 18.5 Å². The van der Waals surface area contributed by atoms with Gasteiger partial charge in [0.1, 0.15) is 22.9 Å². The zero-order valence-corrected chi connectivity index (χ0v) is 19.2. The van der Waals surface area contributed by atoms with E-state index in [4.69, 9.17) is 17.3 Å². The lowest BCUT2D eigenvalue weighted by molar-refractivity contribution is 0.0932. The topological polar surface area (TPSA) is 107 Å². The molecule has 0 aliphatic heterocycles. The number of pyridine rings is 1. The highest BCUT2D eigenvalue weighted by atomic mass is 35.5. The highest BCUT2D eigenvalue weighted by Crippen LogP contribution is 2.25. The molecule has 0 fully saturated rings. The first kappa shape index (κ1) is 22.5. The number of fused-ring (bicyclic) bond motifs is 1. The minimum Gasteiger partial charge on any atom is -0.382 e. The molecule has 170 valence electrons. The highest BCUT2D eigenvalue weighted by molar-refractivity contribution is 6.30. The van der Waals surface area contributed by atoms with Gasteiger partial charge in [-0.1, -0.05) is 43.6 Å². The molecule has 3 aromatic heterocycles. The number of imidazole rings is 1. The van der Waals surface area contributed by atoms with Crippen LogP contribution >= 0.6 is 11.6 Å². The first-order chi connectivity index (χ1) is 15.8. The zero-order chi connectivity index (χ0) is 23.5. The summed E-state index contributed by atoms with van der Waals surface area (Å²) in [4.78, 5) is 30.1. The smallest absolute Gasteiger partial charge is 0.298 e. The Hall–Kier alpha value is -3.65. The third kappa shape index (κ3) is 5.06. The Balaban J connectivity index is 1.55. The number of benzene rings is 1. The van der Waals surface area contributed by atoms with Crippen molar-refractivity contribution in [1.29, 1.82) is 0 Å². The molecule has 9 heteroatoms. The third-order valence-corrected chi connectivity index (χ3v) is 5.62. The van der Waals surface area contributed by atoms with E-state index >= 15 is 0 Å². The third-order valence-electron chi connectivity index (χ3n) is 5.37. The molecule has 3 heterocycles. The summed E-state index contributed by atoms with van der Waals surface area (Å²) in [6.45, 7) is 4.79. The first-order valence-corrected chi connectivity index (χ1v) is 11.1. The fraction of sp³-hybridized carbons (Fsp3) is 0.250. The summed E-state index contributed by atoms with van der Waals surface area (Å²) in [6.07, 6.45) is 3.93. The van der Waals surface area contributed by atoms with Crippen LogP contribution < -0.4 is 11.1 Å². The number of hydrogen-bond donors (Lipinski definition) is 2. The predicted octanol–water partition coefficient (Wildman–Crippen LogP) is 4.01. The van der Waals surface area contributed by atoms with Crippen molar-refractivity contribution in [2.24, 2.45) is 5.92 Å². The molecule has 1 aromatic carbocycles. The van der Waals surface area contributed by atoms with Crippen molar-refractivity contribution in [3.05, 3.63) is 82.9 Å². The number of nitrogens with one attached hydrogen (secondary N) is 1. The van der Waals surface area contributed by atoms with Crippen LogP contribution in [-0.2, 0) is 0 Å². The Bertz CT molecular complexity index is 1290. The number of aromatic nitrogens is 4. The summed E-state index contributed by atoms with van der Waals surface area (Å²) >= 11 is 6.04. The monoisotopic (exact) mass is 464 g/mol. The van der Waals surface area contributed by atoms with Gasteiger partial charge in [-0.2, -0.15) is 0 Å². The van der Waals surface area contributed by atoms with Crippen LogP contribution in [-0.4, -0.2) is 37.5 Å². The molecule has 0 bridgehead atoms. The van der Waals surface area contributed by atoms with Crippen molar-refractivity contribution in [2.45, 2.75) is 26.2 Å². The van der Waals surface area contributed by atoms with Gasteiger partial charge in [0.25, 0.3) is 11.8 Å². The van der Waals surface area contributed by atoms with E-state index in [-0.39, 0.29) is 23.3 Å². The molecule has 1 amide bonds. The van der Waals surface area contributed by atoms with Gasteiger partial charge in [0.15, 0.2) is 0 Å². The number of carbonyl (C=O) groups is 2. The number of nitrogens with two attached hydrogens (primary N) is 1. The van der Waals surface area contributed by atoms with Crippen LogP contribution in [0, 0.1) is 5.92 Å². The molecular weight excluding hydrogens is 440 g/mol. The summed E-state index contributed by atoms with van der Waals surface area (Å²) in [7, 11) is 0. The van der Waals surface area contributed by atoms with E-state index in [1.807, 2.05) is 24.3 Å². The molecule has 3 N–H and O–H groups in total. The lowest BCUT2D eigenvalue weighted by atomic mass is 9.90. The van der Waals surface area contributed by atoms with Crippen LogP contribution in [0.15, 0.2) is 60.9 Å². The van der Waals surface area contributed by atoms with E-state index in [2.05, 4.69) is 29.2 Å². The van der Waals surface area contributed by atoms with E-state index in [1.54, 1.807) is 22.6 Å². The largest absolute Gasteiger partial charge is 0.382 e. The normalized spacial score (nSPS) is 12.2. The molecule has 0 radical (unpaired) electrons. The quantitative estimate of drug-likeness (QED) is 0.429. The number of nitrogens with zero attached hydrogens (tertiary/aromatic N) is 4. The number of carbonyl (C=O) groups excluding carboxylic acids is 2. The Morgan fingerprint density at radius 2 is 1.88 bits per heavy atom. The van der Waals surface area contributed by atoms with E-state index in [0.29, 0.717) is 28.8 Å². The fourth-order valence-corrected chi connectivity index (χ4v) is 3.94. The highest BCUT2D eigenvalue weighted by Gasteiger charge is 2.19. The van der Waals surface area contributed by atoms with E-state index in [9.17, 15) is 9.59 Å². The summed E-state index contributed by atoms with van der Waals surface area (Å²) in [5.41, 5.74) is 7.77. The van der Waals surface area contributed by atoms with Crippen molar-refractivity contribution >= 4 is 34.9 Å². The lowest BCUT2D eigenvalue weighted by Gasteiger charge is -2.20. The maximum atomic E-state index is 13.1. The fourth-order valence-electron chi connectivity index (χ4n) is 3.82. The van der Waals surface area contributed by atoms with Crippen molar-refractivity contribution in [3.63, 3.8) is 0 Å². The van der Waals surface area contributed by atoms with Crippen LogP contribution in [0.2, 0.25) is 5.02 Å². The number of halogens is 1. The molecule has 4 aromatic rings. The van der Waals surface area contributed by atoms with E-state index in [0.717, 1.165) is 16.7 Å². The van der Waals surface area contributed by atoms with Crippen molar-refractivity contribution in [2.75, 3.05) is 12.3 Å². The van der Waals surface area contributed by atoms with Gasteiger partial charge in [-0.15, -0.1) is 5.10 Å². The van der Waals surface area contributed by atoms with Crippen LogP contribution in [0.4, 0.5) is 5.82 Å². The van der Waals surface area contributed by atoms with Gasteiger partial charge in [0, 0.05) is 35.9 Å². The molecule has 1 atom stereocenters. The Morgan fingerprint density at radius 1 is 1.12 bits per heavy atom. The summed E-state index contributed by atoms with van der Waals surface area (Å²) in [5.74, 6) is 0.175. The molecule has 0 saturated carbocycles. The summed E-state index contributed by atoms with van der Waals surface area (Å²) in [6, 6.07) is 14.4. The molecule has 0 spiro atoms. The summed E-state index contributed by atoms with van der Waals surface area (Å²) in [5, 5.41) is 7.65. The minimum absolute atomic E-state index is 0.149. The standard InChI is InChI=1S/C24H25ClN6O2/c1-15(2)12-17(16-6-8-18(25)9-7-16)13-27-23(32)20-4-3-5-22-28-19(14-30(20)22)24(33)31-11-10-21(26)29-31/h3-11,14-15,17H,12-13H2,1-2H3,(H2,26,29)(H,27,32). The number of rotatable bonds is 7. The lowest BCUT2D eigenvalue weighted by Crippen LogP contribution is -2.30. The van der Waals surface area contributed by atoms with Crippen LogP contribution in [0.1, 0.15) is 52.7 Å². The Morgan fingerprint density at radius 3 is 2.55 bits per heavy atom. The maximum absolute atomic E-state index is 13.1. The van der Waals surface area contributed by atoms with Gasteiger partial charge in [-0.25, -0.2) is 9.67 Å². The average Bonchev–Trinajstić information content (AvgIpc) is 3.42. The zero-order valence-electron chi connectivity index (χ0n) is 18.4. The van der Waals surface area contributed by atoms with Crippen molar-refractivity contribution in [3.8, 4) is 0 Å². The molecule has 0 aliphatic rings. The molecule has 0 aliphatic carbocycles. The molecule has 1 unspecified atom stereocenters. The number of hydrogen-bond acceptors (Lipinski definition) is 5. The van der Waals surface area contributed by atoms with Crippen molar-refractivity contribution < 1.29 is 9.59 Å². The van der Waals surface area contributed by atoms with Gasteiger partial charge in [-0.05, 0) is 42.2 Å². The molecule has 8 nitrogen and oxygen atoms in total. The first-order valence-electron chi connectivity index (χ1n) is 10.7. The molecular formula is C24H25ClN6O2. The van der Waals surface area contributed by atoms with Crippen molar-refractivity contribution in [1.82, 2.24) is 24.5 Å². The Kier molecular flexibility index (Phi) is 6.46. The number of nitrogen functional groups attached to an aromatic ring is 1. The SMILES string of the molecule is CC(C)CC(CNC(=O)c1cccc2nc(C(=O)n3ccc(N)n3)cn12)c1ccc(Cl)cc1. The molecule has 33 heavy (non-hydrogen) atoms. The van der Waals surface area contributed by atoms with Gasteiger partial charge in [-0.3, -0.25) is 14.0 Å². The Labute approximate surface area is 196 Å². The van der Waals surface area contributed by atoms with Gasteiger partial charge < -0.3 is 11.1 Å². The second kappa shape index (κ2) is 9.46. The van der Waals surface area contributed by atoms with Gasteiger partial charge in [0.2, 0.25) is 0 Å². The van der Waals surface area contributed by atoms with Crippen LogP contribution in [0.3, 0.4) is 0 Å². The number of amides is 1. The minimum atomic E-state index is -0.429. The predicted molar refractivity (Wildman–Crippen MR) is 128 cm³/mol. The number of anilines is 1. The second-order valence-corrected chi connectivity index (χ2v) is 8.78. The van der Waals surface area contributed by atoms with Gasteiger partial charge in [0.05, 0.1) is 0 Å². The molecule has 4 rings (SSSR count). The van der Waals surface area contributed by atoms with E-state index < -0.39 is 5.91 Å². The average molecular weight is 465 g/mol. The second-order valence-electron chi connectivity index (χ2n) is 8.34. The van der Waals surface area contributed by atoms with Gasteiger partial charge >= 0.3 is 0 Å².